The Morgan fingerprint density at radius 2 is 2.25 bits per heavy atom. The summed E-state index contributed by atoms with van der Waals surface area (Å²) in [5.41, 5.74) is -1.04. The van der Waals surface area contributed by atoms with Crippen molar-refractivity contribution < 1.29 is 0 Å². The molecule has 0 saturated heterocycles. The molecule has 1 aliphatic carbocycles. The predicted molar refractivity (Wildman–Crippen MR) is 64.0 cm³/mol. The van der Waals surface area contributed by atoms with E-state index >= 15 is 0 Å². The zero-order chi connectivity index (χ0) is 11.5. The van der Waals surface area contributed by atoms with Gasteiger partial charge in [-0.3, -0.25) is 9.78 Å². The van der Waals surface area contributed by atoms with Gasteiger partial charge >= 0.3 is 5.69 Å². The van der Waals surface area contributed by atoms with Crippen molar-refractivity contribution in [3.8, 4) is 0 Å². The molecule has 2 atom stereocenters. The van der Waals surface area contributed by atoms with E-state index in [0.717, 1.165) is 19.3 Å². The number of hydrogen-bond acceptors (Lipinski definition) is 5. The highest BCUT2D eigenvalue weighted by atomic mass is 32.2. The fourth-order valence-corrected chi connectivity index (χ4v) is 2.72. The van der Waals surface area contributed by atoms with E-state index in [-0.39, 0.29) is 11.9 Å². The number of H-pyrrole nitrogens is 2. The maximum atomic E-state index is 11.4. The molecule has 16 heavy (non-hydrogen) atoms. The Kier molecular flexibility index (Phi) is 3.33. The summed E-state index contributed by atoms with van der Waals surface area (Å²) in [7, 11) is 0. The van der Waals surface area contributed by atoms with Gasteiger partial charge in [0.25, 0.3) is 5.56 Å². The van der Waals surface area contributed by atoms with Gasteiger partial charge < -0.3 is 5.32 Å². The van der Waals surface area contributed by atoms with Gasteiger partial charge in [0, 0.05) is 11.3 Å². The lowest BCUT2D eigenvalue weighted by molar-refractivity contribution is 0.738. The lowest BCUT2D eigenvalue weighted by Gasteiger charge is -2.11. The molecular formula is C9H14N4O2S. The summed E-state index contributed by atoms with van der Waals surface area (Å²) < 4.78 is 0. The number of rotatable bonds is 3. The van der Waals surface area contributed by atoms with Crippen LogP contribution in [0.3, 0.4) is 0 Å². The van der Waals surface area contributed by atoms with Crippen LogP contribution in [0.25, 0.3) is 0 Å². The Hall–Kier alpha value is -1.24. The van der Waals surface area contributed by atoms with Gasteiger partial charge in [-0.15, -0.1) is 5.10 Å². The Balaban J connectivity index is 2.05. The number of thioether (sulfide) groups is 1. The average molecular weight is 242 g/mol. The van der Waals surface area contributed by atoms with Crippen LogP contribution in [0.1, 0.15) is 19.3 Å². The van der Waals surface area contributed by atoms with Crippen LogP contribution in [-0.2, 0) is 0 Å². The second-order valence-electron chi connectivity index (χ2n) is 3.87. The van der Waals surface area contributed by atoms with E-state index in [9.17, 15) is 9.59 Å². The molecule has 2 rings (SSSR count). The number of aromatic amines is 2. The first-order valence-corrected chi connectivity index (χ1v) is 6.46. The van der Waals surface area contributed by atoms with E-state index in [1.165, 1.54) is 0 Å². The molecule has 0 aliphatic heterocycles. The topological polar surface area (TPSA) is 90.6 Å². The Morgan fingerprint density at radius 3 is 2.88 bits per heavy atom. The molecule has 1 aromatic heterocycles. The van der Waals surface area contributed by atoms with Crippen molar-refractivity contribution in [1.82, 2.24) is 15.2 Å². The van der Waals surface area contributed by atoms with Crippen LogP contribution in [0.2, 0.25) is 0 Å². The van der Waals surface area contributed by atoms with E-state index in [0.29, 0.717) is 5.25 Å². The average Bonchev–Trinajstić information content (AvgIpc) is 2.70. The number of anilines is 1. The summed E-state index contributed by atoms with van der Waals surface area (Å²) in [6, 6.07) is 0.275. The SMILES string of the molecule is CSC1CCC(Nc2n[nH]c(=O)[nH]c2=O)C1. The van der Waals surface area contributed by atoms with E-state index < -0.39 is 11.2 Å². The molecule has 1 heterocycles. The van der Waals surface area contributed by atoms with Crippen LogP contribution in [0.4, 0.5) is 5.82 Å². The summed E-state index contributed by atoms with van der Waals surface area (Å²) in [6.07, 6.45) is 5.31. The molecule has 88 valence electrons. The van der Waals surface area contributed by atoms with Crippen molar-refractivity contribution in [2.45, 2.75) is 30.6 Å². The van der Waals surface area contributed by atoms with Crippen molar-refractivity contribution in [2.75, 3.05) is 11.6 Å². The Labute approximate surface area is 96.2 Å². The summed E-state index contributed by atoms with van der Waals surface area (Å²) in [4.78, 5) is 24.3. The first kappa shape index (κ1) is 11.3. The lowest BCUT2D eigenvalue weighted by atomic mass is 10.2. The predicted octanol–water partition coefficient (Wildman–Crippen LogP) is 0.154. The fraction of sp³-hybridized carbons (Fsp3) is 0.667. The summed E-state index contributed by atoms with van der Waals surface area (Å²) >= 11 is 1.85. The fourth-order valence-electron chi connectivity index (χ4n) is 1.92. The van der Waals surface area contributed by atoms with E-state index in [1.807, 2.05) is 11.8 Å². The van der Waals surface area contributed by atoms with Gasteiger partial charge in [-0.25, -0.2) is 9.89 Å². The van der Waals surface area contributed by atoms with Gasteiger partial charge in [0.1, 0.15) is 0 Å². The maximum Gasteiger partial charge on any atom is 0.342 e. The van der Waals surface area contributed by atoms with Crippen molar-refractivity contribution in [3.05, 3.63) is 20.8 Å². The van der Waals surface area contributed by atoms with Crippen LogP contribution < -0.4 is 16.6 Å². The smallest absolute Gasteiger partial charge is 0.342 e. The molecule has 1 aromatic rings. The minimum atomic E-state index is -0.580. The van der Waals surface area contributed by atoms with Crippen LogP contribution in [0, 0.1) is 0 Å². The van der Waals surface area contributed by atoms with Gasteiger partial charge in [-0.2, -0.15) is 11.8 Å². The molecule has 7 heteroatoms. The molecule has 0 spiro atoms. The molecule has 0 aromatic carbocycles. The summed E-state index contributed by atoms with van der Waals surface area (Å²) in [5, 5.41) is 9.62. The van der Waals surface area contributed by atoms with Gasteiger partial charge in [0.05, 0.1) is 0 Å². The van der Waals surface area contributed by atoms with Crippen molar-refractivity contribution in [3.63, 3.8) is 0 Å². The van der Waals surface area contributed by atoms with Gasteiger partial charge in [0.15, 0.2) is 0 Å². The van der Waals surface area contributed by atoms with Gasteiger partial charge in [0.2, 0.25) is 5.82 Å². The first-order valence-electron chi connectivity index (χ1n) is 5.17. The zero-order valence-electron chi connectivity index (χ0n) is 8.95. The monoisotopic (exact) mass is 242 g/mol. The van der Waals surface area contributed by atoms with Gasteiger partial charge in [-0.05, 0) is 25.5 Å². The second kappa shape index (κ2) is 4.73. The third-order valence-corrected chi connectivity index (χ3v) is 3.86. The standard InChI is InChI=1S/C9H14N4O2S/c1-16-6-3-2-5(4-6)10-7-8(14)11-9(15)13-12-7/h5-6H,2-4H2,1H3,(H,10,12)(H2,11,13,14,15). The molecule has 0 amide bonds. The number of nitrogens with one attached hydrogen (secondary N) is 3. The largest absolute Gasteiger partial charge is 0.361 e. The number of nitrogens with zero attached hydrogens (tertiary/aromatic N) is 1. The quantitative estimate of drug-likeness (QED) is 0.702. The molecule has 0 bridgehead atoms. The second-order valence-corrected chi connectivity index (χ2v) is 5.01. The molecule has 6 nitrogen and oxygen atoms in total. The molecule has 0 radical (unpaired) electrons. The third-order valence-electron chi connectivity index (χ3n) is 2.77. The van der Waals surface area contributed by atoms with Crippen molar-refractivity contribution >= 4 is 17.6 Å². The highest BCUT2D eigenvalue weighted by molar-refractivity contribution is 7.99. The van der Waals surface area contributed by atoms with Crippen LogP contribution in [0.5, 0.6) is 0 Å². The molecular weight excluding hydrogens is 228 g/mol. The minimum absolute atomic E-state index is 0.200. The highest BCUT2D eigenvalue weighted by Gasteiger charge is 2.24. The molecule has 1 saturated carbocycles. The van der Waals surface area contributed by atoms with Crippen LogP contribution >= 0.6 is 11.8 Å². The normalized spacial score (nSPS) is 24.6. The molecule has 2 unspecified atom stereocenters. The summed E-state index contributed by atoms with van der Waals surface area (Å²) in [6.45, 7) is 0. The van der Waals surface area contributed by atoms with E-state index in [2.05, 4.69) is 26.8 Å². The summed E-state index contributed by atoms with van der Waals surface area (Å²) in [5.74, 6) is 0.200. The molecule has 3 N–H and O–H groups in total. The Bertz CT molecular complexity index is 469. The van der Waals surface area contributed by atoms with E-state index in [4.69, 9.17) is 0 Å². The van der Waals surface area contributed by atoms with Crippen LogP contribution in [0.15, 0.2) is 9.59 Å². The molecule has 1 fully saturated rings. The maximum absolute atomic E-state index is 11.4. The molecule has 1 aliphatic rings. The number of hydrogen-bond donors (Lipinski definition) is 3. The number of aromatic nitrogens is 3. The van der Waals surface area contributed by atoms with E-state index in [1.54, 1.807) is 0 Å². The highest BCUT2D eigenvalue weighted by Crippen LogP contribution is 2.29. The Morgan fingerprint density at radius 1 is 1.44 bits per heavy atom. The van der Waals surface area contributed by atoms with Crippen molar-refractivity contribution in [2.24, 2.45) is 0 Å². The first-order chi connectivity index (χ1) is 7.69. The van der Waals surface area contributed by atoms with Crippen molar-refractivity contribution in [1.29, 1.82) is 0 Å². The van der Waals surface area contributed by atoms with Crippen LogP contribution in [-0.4, -0.2) is 32.7 Å². The minimum Gasteiger partial charge on any atom is -0.361 e. The van der Waals surface area contributed by atoms with Gasteiger partial charge in [-0.1, -0.05) is 0 Å². The zero-order valence-corrected chi connectivity index (χ0v) is 9.76. The lowest BCUT2D eigenvalue weighted by Crippen LogP contribution is -2.30. The third kappa shape index (κ3) is 2.46.